The summed E-state index contributed by atoms with van der Waals surface area (Å²) in [5.74, 6) is -1.29. The molecule has 1 aliphatic heterocycles. The van der Waals surface area contributed by atoms with Crippen LogP contribution in [-0.2, 0) is 14.3 Å². The number of nitrogens with one attached hydrogen (secondary N) is 3. The van der Waals surface area contributed by atoms with E-state index in [-0.39, 0.29) is 42.6 Å². The Bertz CT molecular complexity index is 841. The minimum absolute atomic E-state index is 0.0776. The number of aromatic amines is 1. The van der Waals surface area contributed by atoms with E-state index in [0.29, 0.717) is 10.9 Å². The molecule has 2 atom stereocenters. The molecule has 0 spiro atoms. The first kappa shape index (κ1) is 19.3. The molecule has 1 aliphatic rings. The van der Waals surface area contributed by atoms with Crippen LogP contribution >= 0.6 is 0 Å². The number of rotatable bonds is 5. The number of quaternary nitrogens is 1. The van der Waals surface area contributed by atoms with Crippen LogP contribution in [-0.4, -0.2) is 55.3 Å². The number of hydrogen-bond donors (Lipinski definition) is 3. The highest BCUT2D eigenvalue weighted by Gasteiger charge is 2.28. The Balaban J connectivity index is 1.83. The van der Waals surface area contributed by atoms with Crippen LogP contribution in [0.5, 0.6) is 0 Å². The summed E-state index contributed by atoms with van der Waals surface area (Å²) in [4.78, 5) is 28.9. The normalized spacial score (nSPS) is 22.6. The van der Waals surface area contributed by atoms with Gasteiger partial charge in [-0.2, -0.15) is 0 Å². The molecule has 146 valence electrons. The van der Waals surface area contributed by atoms with Gasteiger partial charge in [-0.25, -0.2) is 9.18 Å². The second-order valence-electron chi connectivity index (χ2n) is 6.93. The van der Waals surface area contributed by atoms with Gasteiger partial charge < -0.3 is 24.7 Å². The molecule has 0 saturated carbocycles. The van der Waals surface area contributed by atoms with E-state index in [2.05, 4.69) is 10.3 Å². The number of halogens is 1. The first-order chi connectivity index (χ1) is 12.9. The summed E-state index contributed by atoms with van der Waals surface area (Å²) >= 11 is 0. The van der Waals surface area contributed by atoms with Crippen molar-refractivity contribution < 1.29 is 28.4 Å². The lowest BCUT2D eigenvalue weighted by Gasteiger charge is -2.31. The van der Waals surface area contributed by atoms with Gasteiger partial charge in [-0.05, 0) is 39.0 Å². The highest BCUT2D eigenvalue weighted by atomic mass is 19.1. The molecule has 7 nitrogen and oxygen atoms in total. The minimum atomic E-state index is -0.592. The maximum absolute atomic E-state index is 13.7. The van der Waals surface area contributed by atoms with Crippen molar-refractivity contribution in [3.8, 4) is 0 Å². The molecule has 0 bridgehead atoms. The average Bonchev–Trinajstić information content (AvgIpc) is 2.92. The zero-order valence-corrected chi connectivity index (χ0v) is 15.7. The SMILES string of the molecule is CCOC(=O)c1[nH]c2ccc(F)cc2c1NC(=O)C[NH+]1C[C@@H](C)O[C@H](C)C1. The second kappa shape index (κ2) is 8.06. The molecule has 8 heteroatoms. The van der Waals surface area contributed by atoms with Crippen LogP contribution in [0.25, 0.3) is 10.9 Å². The topological polar surface area (TPSA) is 84.9 Å². The van der Waals surface area contributed by atoms with E-state index in [9.17, 15) is 14.0 Å². The zero-order valence-electron chi connectivity index (χ0n) is 15.7. The van der Waals surface area contributed by atoms with Crippen molar-refractivity contribution in [1.82, 2.24) is 4.98 Å². The Hall–Kier alpha value is -2.45. The molecule has 1 fully saturated rings. The number of amides is 1. The lowest BCUT2D eigenvalue weighted by atomic mass is 10.2. The van der Waals surface area contributed by atoms with E-state index in [1.807, 2.05) is 13.8 Å². The molecule has 2 aromatic rings. The van der Waals surface area contributed by atoms with Crippen molar-refractivity contribution in [3.05, 3.63) is 29.7 Å². The van der Waals surface area contributed by atoms with Gasteiger partial charge in [-0.3, -0.25) is 4.79 Å². The van der Waals surface area contributed by atoms with E-state index in [1.165, 1.54) is 18.2 Å². The molecular formula is C19H25FN3O4+. The number of carbonyl (C=O) groups excluding carboxylic acids is 2. The standard InChI is InChI=1S/C19H24FN3O4/c1-4-26-19(25)18-17(14-7-13(20)5-6-15(14)21-18)22-16(24)10-23-8-11(2)27-12(3)9-23/h5-7,11-12,21H,4,8-10H2,1-3H3,(H,22,24)/p+1/t11-,12-/m1/s1. The van der Waals surface area contributed by atoms with E-state index in [4.69, 9.17) is 9.47 Å². The van der Waals surface area contributed by atoms with E-state index < -0.39 is 11.8 Å². The number of hydrogen-bond acceptors (Lipinski definition) is 4. The molecular weight excluding hydrogens is 353 g/mol. The van der Waals surface area contributed by atoms with Gasteiger partial charge in [0.1, 0.15) is 36.8 Å². The van der Waals surface area contributed by atoms with Crippen molar-refractivity contribution >= 4 is 28.5 Å². The van der Waals surface area contributed by atoms with Crippen molar-refractivity contribution in [2.45, 2.75) is 33.0 Å². The van der Waals surface area contributed by atoms with Crippen molar-refractivity contribution in [2.24, 2.45) is 0 Å². The van der Waals surface area contributed by atoms with Crippen LogP contribution in [0.15, 0.2) is 18.2 Å². The van der Waals surface area contributed by atoms with Crippen LogP contribution in [0, 0.1) is 5.82 Å². The molecule has 27 heavy (non-hydrogen) atoms. The number of carbonyl (C=O) groups is 2. The molecule has 0 radical (unpaired) electrons. The Morgan fingerprint density at radius 3 is 2.70 bits per heavy atom. The van der Waals surface area contributed by atoms with E-state index in [0.717, 1.165) is 18.0 Å². The van der Waals surface area contributed by atoms with Gasteiger partial charge in [0.2, 0.25) is 0 Å². The lowest BCUT2D eigenvalue weighted by Crippen LogP contribution is -3.16. The average molecular weight is 378 g/mol. The molecule has 0 aliphatic carbocycles. The number of anilines is 1. The molecule has 1 aromatic carbocycles. The Morgan fingerprint density at radius 1 is 1.33 bits per heavy atom. The molecule has 3 rings (SSSR count). The number of H-pyrrole nitrogens is 1. The summed E-state index contributed by atoms with van der Waals surface area (Å²) < 4.78 is 24.5. The molecule has 1 aromatic heterocycles. The number of esters is 1. The first-order valence-corrected chi connectivity index (χ1v) is 9.14. The quantitative estimate of drug-likeness (QED) is 0.681. The predicted octanol–water partition coefficient (Wildman–Crippen LogP) is 1.11. The van der Waals surface area contributed by atoms with E-state index in [1.54, 1.807) is 6.92 Å². The summed E-state index contributed by atoms with van der Waals surface area (Å²) in [5.41, 5.74) is 0.918. The third-order valence-corrected chi connectivity index (χ3v) is 4.53. The van der Waals surface area contributed by atoms with Crippen LogP contribution in [0.1, 0.15) is 31.3 Å². The molecule has 1 amide bonds. The number of morpholine rings is 1. The second-order valence-corrected chi connectivity index (χ2v) is 6.93. The predicted molar refractivity (Wildman–Crippen MR) is 98.4 cm³/mol. The third kappa shape index (κ3) is 4.45. The van der Waals surface area contributed by atoms with Gasteiger partial charge in [0, 0.05) is 10.9 Å². The van der Waals surface area contributed by atoms with E-state index >= 15 is 0 Å². The monoisotopic (exact) mass is 378 g/mol. The fourth-order valence-corrected chi connectivity index (χ4v) is 3.59. The first-order valence-electron chi connectivity index (χ1n) is 9.14. The maximum atomic E-state index is 13.7. The number of fused-ring (bicyclic) bond motifs is 1. The number of ether oxygens (including phenoxy) is 2. The summed E-state index contributed by atoms with van der Waals surface area (Å²) in [6, 6.07) is 4.11. The Morgan fingerprint density at radius 2 is 2.04 bits per heavy atom. The fourth-order valence-electron chi connectivity index (χ4n) is 3.59. The summed E-state index contributed by atoms with van der Waals surface area (Å²) in [6.45, 7) is 7.55. The highest BCUT2D eigenvalue weighted by molar-refractivity contribution is 6.11. The number of aromatic nitrogens is 1. The Kier molecular flexibility index (Phi) is 5.76. The Labute approximate surface area is 156 Å². The van der Waals surface area contributed by atoms with Crippen LogP contribution < -0.4 is 10.2 Å². The largest absolute Gasteiger partial charge is 0.461 e. The minimum Gasteiger partial charge on any atom is -0.461 e. The third-order valence-electron chi connectivity index (χ3n) is 4.53. The van der Waals surface area contributed by atoms with Gasteiger partial charge in [-0.1, -0.05) is 0 Å². The molecule has 2 heterocycles. The maximum Gasteiger partial charge on any atom is 0.356 e. The van der Waals surface area contributed by atoms with Gasteiger partial charge in [0.15, 0.2) is 6.54 Å². The van der Waals surface area contributed by atoms with Crippen LogP contribution in [0.4, 0.5) is 10.1 Å². The number of benzene rings is 1. The lowest BCUT2D eigenvalue weighted by molar-refractivity contribution is -0.907. The zero-order chi connectivity index (χ0) is 19.6. The van der Waals surface area contributed by atoms with Gasteiger partial charge in [0.25, 0.3) is 5.91 Å². The van der Waals surface area contributed by atoms with Crippen LogP contribution in [0.2, 0.25) is 0 Å². The summed E-state index contributed by atoms with van der Waals surface area (Å²) in [7, 11) is 0. The van der Waals surface area contributed by atoms with Gasteiger partial charge >= 0.3 is 5.97 Å². The van der Waals surface area contributed by atoms with Gasteiger partial charge in [0.05, 0.1) is 12.3 Å². The summed E-state index contributed by atoms with van der Waals surface area (Å²) in [6.07, 6.45) is 0.155. The molecule has 1 saturated heterocycles. The van der Waals surface area contributed by atoms with Crippen LogP contribution in [0.3, 0.4) is 0 Å². The molecule has 3 N–H and O–H groups in total. The smallest absolute Gasteiger partial charge is 0.356 e. The summed E-state index contributed by atoms with van der Waals surface area (Å²) in [5, 5.41) is 3.21. The van der Waals surface area contributed by atoms with Crippen molar-refractivity contribution in [1.29, 1.82) is 0 Å². The van der Waals surface area contributed by atoms with Gasteiger partial charge in [-0.15, -0.1) is 0 Å². The highest BCUT2D eigenvalue weighted by Crippen LogP contribution is 2.29. The fraction of sp³-hybridized carbons (Fsp3) is 0.474. The molecule has 0 unspecified atom stereocenters. The van der Waals surface area contributed by atoms with Crippen molar-refractivity contribution in [2.75, 3.05) is 31.6 Å². The van der Waals surface area contributed by atoms with Crippen molar-refractivity contribution in [3.63, 3.8) is 0 Å².